The van der Waals surface area contributed by atoms with E-state index in [-0.39, 0.29) is 11.7 Å². The summed E-state index contributed by atoms with van der Waals surface area (Å²) in [6.07, 6.45) is 3.83. The Hall–Kier alpha value is -2.76. The van der Waals surface area contributed by atoms with Gasteiger partial charge in [-0.25, -0.2) is 9.97 Å². The first-order valence-electron chi connectivity index (χ1n) is 8.53. The fourth-order valence-electron chi connectivity index (χ4n) is 2.85. The number of aromatic nitrogens is 2. The third-order valence-corrected chi connectivity index (χ3v) is 4.47. The normalized spacial score (nSPS) is 15.0. The Morgan fingerprint density at radius 3 is 2.68 bits per heavy atom. The Balaban J connectivity index is 1.73. The molecular formula is C19H22N4O2. The first-order valence-corrected chi connectivity index (χ1v) is 8.53. The Kier molecular flexibility index (Phi) is 5.07. The molecule has 1 aliphatic rings. The van der Waals surface area contributed by atoms with Gasteiger partial charge in [0.1, 0.15) is 5.69 Å². The van der Waals surface area contributed by atoms with Crippen LogP contribution >= 0.6 is 0 Å². The van der Waals surface area contributed by atoms with Gasteiger partial charge >= 0.3 is 0 Å². The van der Waals surface area contributed by atoms with Crippen LogP contribution in [-0.2, 0) is 0 Å². The Morgan fingerprint density at radius 1 is 1.20 bits per heavy atom. The number of Topliss-reactive ketones (excluding diaryl/α,β-unsaturated/α-hetero) is 1. The molecule has 25 heavy (non-hydrogen) atoms. The molecule has 0 bridgehead atoms. The minimum atomic E-state index is -0.310. The van der Waals surface area contributed by atoms with Crippen molar-refractivity contribution in [2.24, 2.45) is 5.92 Å². The number of ketones is 1. The number of nitrogens with zero attached hydrogens (tertiary/aromatic N) is 3. The van der Waals surface area contributed by atoms with Crippen LogP contribution in [0.1, 0.15) is 47.5 Å². The van der Waals surface area contributed by atoms with Gasteiger partial charge in [0.2, 0.25) is 5.95 Å². The van der Waals surface area contributed by atoms with Crippen LogP contribution in [0.3, 0.4) is 0 Å². The molecule has 130 valence electrons. The molecule has 0 unspecified atom stereocenters. The Labute approximate surface area is 147 Å². The van der Waals surface area contributed by atoms with Crippen molar-refractivity contribution in [2.75, 3.05) is 23.3 Å². The van der Waals surface area contributed by atoms with Gasteiger partial charge < -0.3 is 10.2 Å². The lowest BCUT2D eigenvalue weighted by molar-refractivity contribution is 0.100. The number of amides is 1. The maximum Gasteiger partial charge on any atom is 0.274 e. The predicted molar refractivity (Wildman–Crippen MR) is 97.0 cm³/mol. The van der Waals surface area contributed by atoms with E-state index in [4.69, 9.17) is 0 Å². The third kappa shape index (κ3) is 4.21. The highest BCUT2D eigenvalue weighted by atomic mass is 16.2. The highest BCUT2D eigenvalue weighted by Gasteiger charge is 2.19. The number of anilines is 2. The molecule has 1 saturated heterocycles. The van der Waals surface area contributed by atoms with Crippen molar-refractivity contribution >= 4 is 23.3 Å². The van der Waals surface area contributed by atoms with Gasteiger partial charge in [0.05, 0.1) is 0 Å². The van der Waals surface area contributed by atoms with Gasteiger partial charge in [-0.05, 0) is 43.9 Å². The average Bonchev–Trinajstić information content (AvgIpc) is 2.62. The van der Waals surface area contributed by atoms with E-state index in [0.29, 0.717) is 22.9 Å². The summed E-state index contributed by atoms with van der Waals surface area (Å²) in [4.78, 5) is 34.8. The van der Waals surface area contributed by atoms with E-state index in [9.17, 15) is 9.59 Å². The van der Waals surface area contributed by atoms with E-state index >= 15 is 0 Å². The largest absolute Gasteiger partial charge is 0.341 e. The van der Waals surface area contributed by atoms with Crippen LogP contribution in [0.5, 0.6) is 0 Å². The minimum absolute atomic E-state index is 0.0419. The standard InChI is InChI=1S/C19H22N4O2/c1-13-7-10-23(11-8-13)19-20-9-6-17(22-19)18(25)21-16-5-3-4-15(12-16)14(2)24/h3-6,9,12-13H,7-8,10-11H2,1-2H3,(H,21,25). The number of benzene rings is 1. The maximum atomic E-state index is 12.5. The summed E-state index contributed by atoms with van der Waals surface area (Å²) in [5.74, 6) is 0.961. The molecule has 0 radical (unpaired) electrons. The van der Waals surface area contributed by atoms with E-state index in [1.165, 1.54) is 6.92 Å². The summed E-state index contributed by atoms with van der Waals surface area (Å²) < 4.78 is 0. The summed E-state index contributed by atoms with van der Waals surface area (Å²) in [7, 11) is 0. The first kappa shape index (κ1) is 17.1. The highest BCUT2D eigenvalue weighted by Crippen LogP contribution is 2.20. The second kappa shape index (κ2) is 7.42. The van der Waals surface area contributed by atoms with Crippen LogP contribution in [0.25, 0.3) is 0 Å². The van der Waals surface area contributed by atoms with Crippen molar-refractivity contribution < 1.29 is 9.59 Å². The number of hydrogen-bond acceptors (Lipinski definition) is 5. The molecule has 1 N–H and O–H groups in total. The minimum Gasteiger partial charge on any atom is -0.341 e. The van der Waals surface area contributed by atoms with Crippen LogP contribution < -0.4 is 10.2 Å². The average molecular weight is 338 g/mol. The first-order chi connectivity index (χ1) is 12.0. The van der Waals surface area contributed by atoms with E-state index < -0.39 is 0 Å². The number of carbonyl (C=O) groups is 2. The lowest BCUT2D eigenvalue weighted by atomic mass is 10.00. The fourth-order valence-corrected chi connectivity index (χ4v) is 2.85. The summed E-state index contributed by atoms with van der Waals surface area (Å²) in [6.45, 7) is 5.56. The van der Waals surface area contributed by atoms with Gasteiger partial charge in [-0.2, -0.15) is 0 Å². The topological polar surface area (TPSA) is 75.2 Å². The van der Waals surface area contributed by atoms with Crippen molar-refractivity contribution in [3.8, 4) is 0 Å². The van der Waals surface area contributed by atoms with Gasteiger partial charge in [0.25, 0.3) is 5.91 Å². The van der Waals surface area contributed by atoms with Gasteiger partial charge in [-0.15, -0.1) is 0 Å². The zero-order valence-electron chi connectivity index (χ0n) is 14.5. The highest BCUT2D eigenvalue weighted by molar-refractivity contribution is 6.04. The van der Waals surface area contributed by atoms with Crippen molar-refractivity contribution in [3.05, 3.63) is 47.8 Å². The third-order valence-electron chi connectivity index (χ3n) is 4.47. The molecule has 6 nitrogen and oxygen atoms in total. The van der Waals surface area contributed by atoms with Crippen LogP contribution in [0.2, 0.25) is 0 Å². The Morgan fingerprint density at radius 2 is 1.96 bits per heavy atom. The molecule has 0 aliphatic carbocycles. The lowest BCUT2D eigenvalue weighted by Gasteiger charge is -2.30. The predicted octanol–water partition coefficient (Wildman–Crippen LogP) is 3.17. The van der Waals surface area contributed by atoms with Crippen molar-refractivity contribution in [3.63, 3.8) is 0 Å². The molecule has 6 heteroatoms. The molecule has 1 aromatic heterocycles. The number of piperidine rings is 1. The quantitative estimate of drug-likeness (QED) is 0.867. The molecule has 1 amide bonds. The molecule has 1 fully saturated rings. The summed E-state index contributed by atoms with van der Waals surface area (Å²) >= 11 is 0. The van der Waals surface area contributed by atoms with Crippen LogP contribution in [0, 0.1) is 5.92 Å². The molecule has 3 rings (SSSR count). The maximum absolute atomic E-state index is 12.5. The molecule has 0 saturated carbocycles. The van der Waals surface area contributed by atoms with Crippen LogP contribution in [0.4, 0.5) is 11.6 Å². The second-order valence-corrected chi connectivity index (χ2v) is 6.50. The summed E-state index contributed by atoms with van der Waals surface area (Å²) in [5.41, 5.74) is 1.45. The molecule has 1 aromatic carbocycles. The summed E-state index contributed by atoms with van der Waals surface area (Å²) in [6, 6.07) is 8.47. The molecule has 1 aliphatic heterocycles. The smallest absolute Gasteiger partial charge is 0.274 e. The molecule has 0 atom stereocenters. The monoisotopic (exact) mass is 338 g/mol. The number of hydrogen-bond donors (Lipinski definition) is 1. The van der Waals surface area contributed by atoms with Crippen molar-refractivity contribution in [1.29, 1.82) is 0 Å². The molecular weight excluding hydrogens is 316 g/mol. The molecule has 0 spiro atoms. The van der Waals surface area contributed by atoms with Gasteiger partial charge in [-0.1, -0.05) is 19.1 Å². The lowest BCUT2D eigenvalue weighted by Crippen LogP contribution is -2.34. The van der Waals surface area contributed by atoms with Crippen LogP contribution in [0.15, 0.2) is 36.5 Å². The van der Waals surface area contributed by atoms with Crippen LogP contribution in [-0.4, -0.2) is 34.7 Å². The molecule has 2 heterocycles. The molecule has 2 aromatic rings. The SMILES string of the molecule is CC(=O)c1cccc(NC(=O)c2ccnc(N3CCC(C)CC3)n2)c1. The van der Waals surface area contributed by atoms with Crippen molar-refractivity contribution in [1.82, 2.24) is 9.97 Å². The van der Waals surface area contributed by atoms with Gasteiger partial charge in [0, 0.05) is 30.5 Å². The number of rotatable bonds is 4. The Bertz CT molecular complexity index is 782. The number of carbonyl (C=O) groups excluding carboxylic acids is 2. The zero-order valence-corrected chi connectivity index (χ0v) is 14.5. The summed E-state index contributed by atoms with van der Waals surface area (Å²) in [5, 5.41) is 2.79. The van der Waals surface area contributed by atoms with E-state index in [1.807, 2.05) is 0 Å². The fraction of sp³-hybridized carbons (Fsp3) is 0.368. The van der Waals surface area contributed by atoms with E-state index in [2.05, 4.69) is 27.1 Å². The zero-order chi connectivity index (χ0) is 17.8. The number of nitrogens with one attached hydrogen (secondary N) is 1. The van der Waals surface area contributed by atoms with Crippen molar-refractivity contribution in [2.45, 2.75) is 26.7 Å². The van der Waals surface area contributed by atoms with Gasteiger partial charge in [0.15, 0.2) is 5.78 Å². The van der Waals surface area contributed by atoms with Gasteiger partial charge in [-0.3, -0.25) is 9.59 Å². The van der Waals surface area contributed by atoms with E-state index in [0.717, 1.165) is 31.8 Å². The second-order valence-electron chi connectivity index (χ2n) is 6.50. The van der Waals surface area contributed by atoms with E-state index in [1.54, 1.807) is 36.5 Å².